The van der Waals surface area contributed by atoms with Crippen LogP contribution in [0.4, 0.5) is 5.69 Å². The lowest BCUT2D eigenvalue weighted by atomic mass is 10.1. The fourth-order valence-electron chi connectivity index (χ4n) is 2.31. The molecule has 2 rings (SSSR count). The number of anilines is 1. The van der Waals surface area contributed by atoms with Crippen LogP contribution in [-0.4, -0.2) is 10.3 Å². The Balaban J connectivity index is 2.07. The number of hydrogen-bond donors (Lipinski definition) is 1. The molecule has 3 nitrogen and oxygen atoms in total. The number of rotatable bonds is 7. The number of nitrogens with two attached hydrogens (primary N) is 1. The van der Waals surface area contributed by atoms with Crippen LogP contribution in [0.3, 0.4) is 0 Å². The molecule has 2 aromatic rings. The number of thioether (sulfide) groups is 1. The van der Waals surface area contributed by atoms with Gasteiger partial charge < -0.3 is 10.3 Å². The van der Waals surface area contributed by atoms with E-state index in [9.17, 15) is 4.79 Å². The van der Waals surface area contributed by atoms with Gasteiger partial charge >= 0.3 is 0 Å². The van der Waals surface area contributed by atoms with Crippen LogP contribution in [0.15, 0.2) is 46.2 Å². The molecule has 0 aliphatic heterocycles. The number of hydrogen-bond acceptors (Lipinski definition) is 3. The van der Waals surface area contributed by atoms with E-state index in [4.69, 9.17) is 5.73 Å². The molecule has 0 fully saturated rings. The summed E-state index contributed by atoms with van der Waals surface area (Å²) >= 11 is 1.76. The van der Waals surface area contributed by atoms with E-state index in [2.05, 4.69) is 6.92 Å². The van der Waals surface area contributed by atoms with Gasteiger partial charge in [-0.1, -0.05) is 31.9 Å². The minimum absolute atomic E-state index is 0.0438. The van der Waals surface area contributed by atoms with Gasteiger partial charge in [-0.3, -0.25) is 4.79 Å². The molecule has 1 heterocycles. The van der Waals surface area contributed by atoms with Crippen LogP contribution < -0.4 is 11.3 Å². The zero-order chi connectivity index (χ0) is 15.9. The normalized spacial score (nSPS) is 10.8. The highest BCUT2D eigenvalue weighted by Gasteiger charge is 2.04. The number of benzene rings is 1. The fraction of sp³-hybridized carbons (Fsp3) is 0.389. The Morgan fingerprint density at radius 2 is 2.05 bits per heavy atom. The van der Waals surface area contributed by atoms with Crippen molar-refractivity contribution in [3.8, 4) is 0 Å². The van der Waals surface area contributed by atoms with Crippen molar-refractivity contribution in [3.05, 3.63) is 58.0 Å². The molecule has 0 aliphatic carbocycles. The van der Waals surface area contributed by atoms with Gasteiger partial charge in [0, 0.05) is 22.8 Å². The minimum atomic E-state index is 0.0438. The van der Waals surface area contributed by atoms with E-state index < -0.39 is 0 Å². The molecule has 0 amide bonds. The van der Waals surface area contributed by atoms with E-state index in [0.29, 0.717) is 6.54 Å². The van der Waals surface area contributed by atoms with Crippen LogP contribution >= 0.6 is 11.8 Å². The average molecular weight is 316 g/mol. The van der Waals surface area contributed by atoms with Gasteiger partial charge in [0.25, 0.3) is 5.56 Å². The zero-order valence-corrected chi connectivity index (χ0v) is 14.2. The van der Waals surface area contributed by atoms with Crippen LogP contribution in [0, 0.1) is 6.92 Å². The Bertz CT molecular complexity index is 679. The number of pyridine rings is 1. The molecule has 22 heavy (non-hydrogen) atoms. The highest BCUT2D eigenvalue weighted by molar-refractivity contribution is 7.99. The molecule has 0 saturated carbocycles. The first-order chi connectivity index (χ1) is 10.6. The van der Waals surface area contributed by atoms with Crippen LogP contribution in [0.2, 0.25) is 0 Å². The van der Waals surface area contributed by atoms with Gasteiger partial charge in [-0.15, -0.1) is 11.8 Å². The number of aromatic nitrogens is 1. The largest absolute Gasteiger partial charge is 0.399 e. The lowest BCUT2D eigenvalue weighted by molar-refractivity contribution is 0.749. The molecule has 0 radical (unpaired) electrons. The van der Waals surface area contributed by atoms with Crippen molar-refractivity contribution in [2.24, 2.45) is 0 Å². The predicted molar refractivity (Wildman–Crippen MR) is 95.6 cm³/mol. The molecule has 118 valence electrons. The summed E-state index contributed by atoms with van der Waals surface area (Å²) in [7, 11) is 0. The Labute approximate surface area is 136 Å². The van der Waals surface area contributed by atoms with Crippen molar-refractivity contribution in [1.29, 1.82) is 0 Å². The molecule has 0 spiro atoms. The molecular weight excluding hydrogens is 292 g/mol. The van der Waals surface area contributed by atoms with Crippen LogP contribution in [0.5, 0.6) is 0 Å². The van der Waals surface area contributed by atoms with Gasteiger partial charge in [0.1, 0.15) is 0 Å². The number of unbranched alkanes of at least 4 members (excludes halogenated alkanes) is 2. The molecule has 0 unspecified atom stereocenters. The average Bonchev–Trinajstić information content (AvgIpc) is 2.51. The first-order valence-electron chi connectivity index (χ1n) is 7.79. The third kappa shape index (κ3) is 4.41. The predicted octanol–water partition coefficient (Wildman–Crippen LogP) is 4.07. The maximum absolute atomic E-state index is 12.2. The molecule has 0 bridgehead atoms. The third-order valence-electron chi connectivity index (χ3n) is 3.81. The molecule has 2 N–H and O–H groups in total. The third-order valence-corrected chi connectivity index (χ3v) is 4.89. The SMILES string of the molecule is CCCCCSc1ccn(Cc2cccc(N)c2C)c(=O)c1. The summed E-state index contributed by atoms with van der Waals surface area (Å²) < 4.78 is 1.73. The smallest absolute Gasteiger partial charge is 0.251 e. The maximum Gasteiger partial charge on any atom is 0.251 e. The van der Waals surface area contributed by atoms with Crippen LogP contribution in [-0.2, 0) is 6.54 Å². The lowest BCUT2D eigenvalue weighted by Crippen LogP contribution is -2.19. The second kappa shape index (κ2) is 8.08. The van der Waals surface area contributed by atoms with Crippen molar-refractivity contribution in [2.75, 3.05) is 11.5 Å². The van der Waals surface area contributed by atoms with E-state index in [1.165, 1.54) is 19.3 Å². The fourth-order valence-corrected chi connectivity index (χ4v) is 3.24. The molecule has 0 aliphatic rings. The number of nitrogens with zero attached hydrogens (tertiary/aromatic N) is 1. The Morgan fingerprint density at radius 1 is 1.23 bits per heavy atom. The van der Waals surface area contributed by atoms with Gasteiger partial charge in [-0.25, -0.2) is 0 Å². The first-order valence-corrected chi connectivity index (χ1v) is 8.77. The standard InChI is InChI=1S/C18H24N2OS/c1-3-4-5-11-22-16-9-10-20(18(21)12-16)13-15-7-6-8-17(19)14(15)2/h6-10,12H,3-5,11,13,19H2,1-2H3. The molecule has 0 atom stereocenters. The van der Waals surface area contributed by atoms with E-state index >= 15 is 0 Å². The second-order valence-electron chi connectivity index (χ2n) is 5.52. The van der Waals surface area contributed by atoms with Crippen LogP contribution in [0.25, 0.3) is 0 Å². The van der Waals surface area contributed by atoms with Crippen LogP contribution in [0.1, 0.15) is 37.3 Å². The summed E-state index contributed by atoms with van der Waals surface area (Å²) in [5.74, 6) is 1.08. The van der Waals surface area contributed by atoms with Gasteiger partial charge in [0.05, 0.1) is 6.54 Å². The molecular formula is C18H24N2OS. The Hall–Kier alpha value is -1.68. The quantitative estimate of drug-likeness (QED) is 0.476. The van der Waals surface area contributed by atoms with Gasteiger partial charge in [-0.2, -0.15) is 0 Å². The Kier molecular flexibility index (Phi) is 6.13. The summed E-state index contributed by atoms with van der Waals surface area (Å²) in [6, 6.07) is 9.60. The maximum atomic E-state index is 12.2. The zero-order valence-electron chi connectivity index (χ0n) is 13.3. The summed E-state index contributed by atoms with van der Waals surface area (Å²) in [6.45, 7) is 4.76. The van der Waals surface area contributed by atoms with E-state index in [1.807, 2.05) is 37.4 Å². The summed E-state index contributed by atoms with van der Waals surface area (Å²) in [6.07, 6.45) is 5.56. The van der Waals surface area contributed by atoms with Crippen molar-refractivity contribution in [3.63, 3.8) is 0 Å². The highest BCUT2D eigenvalue weighted by Crippen LogP contribution is 2.19. The second-order valence-corrected chi connectivity index (χ2v) is 6.68. The molecule has 1 aromatic heterocycles. The number of nitrogen functional groups attached to an aromatic ring is 1. The lowest BCUT2D eigenvalue weighted by Gasteiger charge is -2.11. The van der Waals surface area contributed by atoms with Crippen molar-refractivity contribution < 1.29 is 0 Å². The highest BCUT2D eigenvalue weighted by atomic mass is 32.2. The topological polar surface area (TPSA) is 48.0 Å². The Morgan fingerprint density at radius 3 is 2.77 bits per heavy atom. The first kappa shape index (κ1) is 16.7. The van der Waals surface area contributed by atoms with E-state index in [1.54, 1.807) is 22.4 Å². The minimum Gasteiger partial charge on any atom is -0.399 e. The van der Waals surface area contributed by atoms with Gasteiger partial charge in [-0.05, 0) is 42.4 Å². The van der Waals surface area contributed by atoms with Crippen molar-refractivity contribution >= 4 is 17.4 Å². The van der Waals surface area contributed by atoms with Crippen molar-refractivity contribution in [1.82, 2.24) is 4.57 Å². The van der Waals surface area contributed by atoms with Gasteiger partial charge in [0.2, 0.25) is 0 Å². The van der Waals surface area contributed by atoms with E-state index in [-0.39, 0.29) is 5.56 Å². The summed E-state index contributed by atoms with van der Waals surface area (Å²) in [4.78, 5) is 13.3. The van der Waals surface area contributed by atoms with E-state index in [0.717, 1.165) is 27.5 Å². The monoisotopic (exact) mass is 316 g/mol. The molecule has 4 heteroatoms. The van der Waals surface area contributed by atoms with Gasteiger partial charge in [0.15, 0.2) is 0 Å². The summed E-state index contributed by atoms with van der Waals surface area (Å²) in [5, 5.41) is 0. The summed E-state index contributed by atoms with van der Waals surface area (Å²) in [5.41, 5.74) is 8.88. The molecule has 0 saturated heterocycles. The molecule has 1 aromatic carbocycles. The van der Waals surface area contributed by atoms with Crippen molar-refractivity contribution in [2.45, 2.75) is 44.6 Å².